The highest BCUT2D eigenvalue weighted by molar-refractivity contribution is 7.26. The lowest BCUT2D eigenvalue weighted by Gasteiger charge is -2.15. The fourth-order valence-electron chi connectivity index (χ4n) is 6.94. The third-order valence-corrected chi connectivity index (χ3v) is 9.98. The van der Waals surface area contributed by atoms with Crippen molar-refractivity contribution in [2.75, 3.05) is 0 Å². The highest BCUT2D eigenvalue weighted by Crippen LogP contribution is 2.45. The van der Waals surface area contributed by atoms with E-state index in [-0.39, 0.29) is 0 Å². The third-order valence-electron chi connectivity index (χ3n) is 8.85. The molecule has 4 nitrogen and oxygen atoms in total. The van der Waals surface area contributed by atoms with Gasteiger partial charge in [0.2, 0.25) is 5.71 Å². The molecule has 0 atom stereocenters. The summed E-state index contributed by atoms with van der Waals surface area (Å²) in [7, 11) is 0. The molecule has 0 aliphatic carbocycles. The van der Waals surface area contributed by atoms with Gasteiger partial charge >= 0.3 is 0 Å². The molecule has 45 heavy (non-hydrogen) atoms. The number of benzene rings is 6. The zero-order chi connectivity index (χ0) is 29.5. The van der Waals surface area contributed by atoms with Crippen LogP contribution in [0.2, 0.25) is 0 Å². The summed E-state index contributed by atoms with van der Waals surface area (Å²) in [5.41, 5.74) is 7.60. The van der Waals surface area contributed by atoms with Crippen LogP contribution in [0.15, 0.2) is 144 Å². The quantitative estimate of drug-likeness (QED) is 0.205. The molecule has 0 unspecified atom stereocenters. The van der Waals surface area contributed by atoms with Crippen molar-refractivity contribution >= 4 is 75.4 Å². The molecular formula is C40H23N3OS. The van der Waals surface area contributed by atoms with Crippen LogP contribution in [0, 0.1) is 0 Å². The van der Waals surface area contributed by atoms with Gasteiger partial charge in [0, 0.05) is 47.5 Å². The molecule has 0 bridgehead atoms. The van der Waals surface area contributed by atoms with E-state index in [9.17, 15) is 0 Å². The first kappa shape index (κ1) is 24.6. The van der Waals surface area contributed by atoms with Crippen molar-refractivity contribution in [2.45, 2.75) is 0 Å². The fraction of sp³-hybridized carbons (Fsp3) is 0. The summed E-state index contributed by atoms with van der Waals surface area (Å²) in [6.45, 7) is 0. The van der Waals surface area contributed by atoms with Crippen LogP contribution in [0.4, 0.5) is 0 Å². The SMILES string of the molecule is c1ccc(-c2nc(-c3ccccc3-n3c4ccccc4c4c5c(ccc43)sc3ccccc35)c3c(n2)oc2ccccc23)cc1. The van der Waals surface area contributed by atoms with E-state index in [0.29, 0.717) is 11.5 Å². The number of nitrogens with zero attached hydrogens (tertiary/aromatic N) is 3. The molecule has 0 aliphatic heterocycles. The van der Waals surface area contributed by atoms with Gasteiger partial charge in [-0.1, -0.05) is 103 Å². The largest absolute Gasteiger partial charge is 0.438 e. The Hall–Kier alpha value is -5.78. The maximum Gasteiger partial charge on any atom is 0.231 e. The van der Waals surface area contributed by atoms with Gasteiger partial charge in [0.25, 0.3) is 0 Å². The number of hydrogen-bond donors (Lipinski definition) is 0. The first-order valence-corrected chi connectivity index (χ1v) is 15.8. The molecule has 10 aromatic rings. The summed E-state index contributed by atoms with van der Waals surface area (Å²) in [5, 5.41) is 7.06. The second kappa shape index (κ2) is 9.36. The molecule has 0 spiro atoms. The van der Waals surface area contributed by atoms with E-state index in [4.69, 9.17) is 14.4 Å². The van der Waals surface area contributed by atoms with Gasteiger partial charge in [0.1, 0.15) is 5.58 Å². The molecule has 210 valence electrons. The smallest absolute Gasteiger partial charge is 0.231 e. The molecule has 0 saturated heterocycles. The lowest BCUT2D eigenvalue weighted by atomic mass is 10.0. The summed E-state index contributed by atoms with van der Waals surface area (Å²) in [5.74, 6) is 0.639. The Morgan fingerprint density at radius 1 is 0.511 bits per heavy atom. The first-order valence-electron chi connectivity index (χ1n) is 15.0. The van der Waals surface area contributed by atoms with E-state index in [0.717, 1.165) is 44.4 Å². The summed E-state index contributed by atoms with van der Waals surface area (Å²) in [6, 6.07) is 48.9. The van der Waals surface area contributed by atoms with Crippen molar-refractivity contribution in [3.63, 3.8) is 0 Å². The minimum Gasteiger partial charge on any atom is -0.438 e. The van der Waals surface area contributed by atoms with E-state index < -0.39 is 0 Å². The average molecular weight is 594 g/mol. The Kier molecular flexibility index (Phi) is 5.12. The molecule has 6 aromatic carbocycles. The van der Waals surface area contributed by atoms with Crippen molar-refractivity contribution in [1.29, 1.82) is 0 Å². The minimum atomic E-state index is 0.587. The average Bonchev–Trinajstić information content (AvgIpc) is 3.77. The van der Waals surface area contributed by atoms with Crippen LogP contribution >= 0.6 is 11.3 Å². The molecule has 4 aromatic heterocycles. The van der Waals surface area contributed by atoms with Gasteiger partial charge in [-0.15, -0.1) is 11.3 Å². The van der Waals surface area contributed by atoms with E-state index in [1.165, 1.54) is 36.5 Å². The van der Waals surface area contributed by atoms with Crippen LogP contribution in [0.5, 0.6) is 0 Å². The highest BCUT2D eigenvalue weighted by Gasteiger charge is 2.23. The van der Waals surface area contributed by atoms with E-state index in [1.54, 1.807) is 0 Å². The van der Waals surface area contributed by atoms with Crippen LogP contribution in [-0.4, -0.2) is 14.5 Å². The predicted octanol–water partition coefficient (Wildman–Crippen LogP) is 11.2. The molecule has 0 aliphatic rings. The van der Waals surface area contributed by atoms with Crippen molar-refractivity contribution in [2.24, 2.45) is 0 Å². The third kappa shape index (κ3) is 3.53. The number of fused-ring (bicyclic) bond motifs is 10. The Morgan fingerprint density at radius 3 is 2.16 bits per heavy atom. The van der Waals surface area contributed by atoms with Gasteiger partial charge in [0.05, 0.1) is 27.8 Å². The first-order chi connectivity index (χ1) is 22.3. The zero-order valence-electron chi connectivity index (χ0n) is 23.9. The molecule has 0 N–H and O–H groups in total. The zero-order valence-corrected chi connectivity index (χ0v) is 24.8. The predicted molar refractivity (Wildman–Crippen MR) is 187 cm³/mol. The van der Waals surface area contributed by atoms with Gasteiger partial charge in [0.15, 0.2) is 5.82 Å². The van der Waals surface area contributed by atoms with Crippen molar-refractivity contribution in [1.82, 2.24) is 14.5 Å². The number of thiophene rings is 1. The van der Waals surface area contributed by atoms with Crippen LogP contribution < -0.4 is 0 Å². The topological polar surface area (TPSA) is 43.9 Å². The Morgan fingerprint density at radius 2 is 1.24 bits per heavy atom. The van der Waals surface area contributed by atoms with Crippen LogP contribution in [0.1, 0.15) is 0 Å². The molecule has 0 radical (unpaired) electrons. The second-order valence-electron chi connectivity index (χ2n) is 11.3. The standard InChI is InChI=1S/C40H23N3OS/c1-2-12-24(13-3-1)39-41-38(37-27-16-6-10-20-32(27)44-40(37)42-39)26-15-5-9-19-30(26)43-29-18-8-4-14-25(29)35-31(43)22-23-34-36(35)28-17-7-11-21-33(28)45-34/h1-23H. The maximum absolute atomic E-state index is 6.37. The van der Waals surface area contributed by atoms with Crippen LogP contribution in [-0.2, 0) is 0 Å². The number of para-hydroxylation sites is 3. The maximum atomic E-state index is 6.37. The van der Waals surface area contributed by atoms with Gasteiger partial charge in [-0.3, -0.25) is 0 Å². The van der Waals surface area contributed by atoms with E-state index >= 15 is 0 Å². The van der Waals surface area contributed by atoms with Crippen molar-refractivity contribution in [3.8, 4) is 28.3 Å². The number of aromatic nitrogens is 3. The molecule has 10 rings (SSSR count). The summed E-state index contributed by atoms with van der Waals surface area (Å²) < 4.78 is 11.4. The van der Waals surface area contributed by atoms with Crippen molar-refractivity contribution in [3.05, 3.63) is 140 Å². The Balaban J connectivity index is 1.35. The normalized spacial score (nSPS) is 12.0. The fourth-order valence-corrected chi connectivity index (χ4v) is 8.05. The van der Waals surface area contributed by atoms with E-state index in [2.05, 4.69) is 95.6 Å². The van der Waals surface area contributed by atoms with Crippen LogP contribution in [0.3, 0.4) is 0 Å². The van der Waals surface area contributed by atoms with Crippen molar-refractivity contribution < 1.29 is 4.42 Å². The van der Waals surface area contributed by atoms with Gasteiger partial charge < -0.3 is 8.98 Å². The lowest BCUT2D eigenvalue weighted by molar-refractivity contribution is 0.653. The summed E-state index contributed by atoms with van der Waals surface area (Å²) in [4.78, 5) is 10.2. The monoisotopic (exact) mass is 593 g/mol. The summed E-state index contributed by atoms with van der Waals surface area (Å²) in [6.07, 6.45) is 0. The lowest BCUT2D eigenvalue weighted by Crippen LogP contribution is -2.00. The molecule has 4 heterocycles. The Labute approximate surface area is 261 Å². The van der Waals surface area contributed by atoms with Crippen LogP contribution in [0.25, 0.3) is 92.4 Å². The molecule has 0 saturated carbocycles. The Bertz CT molecular complexity index is 2770. The second-order valence-corrected chi connectivity index (χ2v) is 12.4. The number of hydrogen-bond acceptors (Lipinski definition) is 4. The highest BCUT2D eigenvalue weighted by atomic mass is 32.1. The van der Waals surface area contributed by atoms with Gasteiger partial charge in [-0.2, -0.15) is 4.98 Å². The molecule has 0 fully saturated rings. The molecular weight excluding hydrogens is 571 g/mol. The van der Waals surface area contributed by atoms with E-state index in [1.807, 2.05) is 59.9 Å². The minimum absolute atomic E-state index is 0.587. The van der Waals surface area contributed by atoms with Gasteiger partial charge in [-0.25, -0.2) is 4.98 Å². The number of furan rings is 1. The molecule has 5 heteroatoms. The summed E-state index contributed by atoms with van der Waals surface area (Å²) >= 11 is 1.86. The molecule has 0 amide bonds. The van der Waals surface area contributed by atoms with Gasteiger partial charge in [-0.05, 0) is 36.4 Å². The number of rotatable bonds is 3.